The average molecular weight is 317 g/mol. The van der Waals surface area contributed by atoms with Gasteiger partial charge in [-0.25, -0.2) is 0 Å². The fourth-order valence-electron chi connectivity index (χ4n) is 2.60. The van der Waals surface area contributed by atoms with Crippen molar-refractivity contribution < 1.29 is 4.79 Å². The topological polar surface area (TPSA) is 41.1 Å². The van der Waals surface area contributed by atoms with Crippen molar-refractivity contribution in [2.75, 3.05) is 6.54 Å². The summed E-state index contributed by atoms with van der Waals surface area (Å²) in [6.45, 7) is 5.31. The van der Waals surface area contributed by atoms with E-state index in [0.29, 0.717) is 12.5 Å². The van der Waals surface area contributed by atoms with Crippen LogP contribution in [0.1, 0.15) is 42.4 Å². The van der Waals surface area contributed by atoms with Crippen LogP contribution in [0.5, 0.6) is 0 Å². The Morgan fingerprint density at radius 2 is 2.35 bits per heavy atom. The van der Waals surface area contributed by atoms with E-state index in [9.17, 15) is 4.79 Å². The Bertz CT molecular complexity index is 416. The molecular formula is C15H25ClN2OS. The highest BCUT2D eigenvalue weighted by Gasteiger charge is 2.16. The summed E-state index contributed by atoms with van der Waals surface area (Å²) in [7, 11) is 0. The Morgan fingerprint density at radius 1 is 1.55 bits per heavy atom. The summed E-state index contributed by atoms with van der Waals surface area (Å²) in [5, 5.41) is 6.53. The fourth-order valence-corrected chi connectivity index (χ4v) is 3.62. The van der Waals surface area contributed by atoms with E-state index in [4.69, 9.17) is 0 Å². The minimum atomic E-state index is 0. The van der Waals surface area contributed by atoms with Crippen LogP contribution in [0.4, 0.5) is 0 Å². The van der Waals surface area contributed by atoms with Gasteiger partial charge in [-0.3, -0.25) is 4.79 Å². The molecule has 114 valence electrons. The minimum Gasteiger partial charge on any atom is -0.353 e. The van der Waals surface area contributed by atoms with Crippen LogP contribution in [0, 0.1) is 6.92 Å². The van der Waals surface area contributed by atoms with E-state index in [1.54, 1.807) is 0 Å². The second-order valence-corrected chi connectivity index (χ2v) is 6.89. The highest BCUT2D eigenvalue weighted by molar-refractivity contribution is 7.11. The highest BCUT2D eigenvalue weighted by atomic mass is 35.5. The molecule has 1 aromatic rings. The van der Waals surface area contributed by atoms with Gasteiger partial charge in [-0.1, -0.05) is 0 Å². The number of aryl methyl sites for hydroxylation is 1. The maximum absolute atomic E-state index is 11.9. The van der Waals surface area contributed by atoms with Crippen molar-refractivity contribution in [2.45, 2.75) is 58.0 Å². The lowest BCUT2D eigenvalue weighted by Crippen LogP contribution is -2.34. The van der Waals surface area contributed by atoms with Gasteiger partial charge in [-0.15, -0.1) is 23.7 Å². The molecule has 3 nitrogen and oxygen atoms in total. The third-order valence-corrected chi connectivity index (χ3v) is 4.62. The predicted octanol–water partition coefficient (Wildman–Crippen LogP) is 3.06. The van der Waals surface area contributed by atoms with Gasteiger partial charge in [0.05, 0.1) is 0 Å². The van der Waals surface area contributed by atoms with E-state index in [-0.39, 0.29) is 24.4 Å². The highest BCUT2D eigenvalue weighted by Crippen LogP contribution is 2.17. The van der Waals surface area contributed by atoms with Gasteiger partial charge in [-0.2, -0.15) is 0 Å². The van der Waals surface area contributed by atoms with Gasteiger partial charge < -0.3 is 10.6 Å². The molecule has 5 heteroatoms. The molecule has 2 unspecified atom stereocenters. The molecule has 0 aromatic carbocycles. The SMILES string of the molecule is Cc1ccc(CC(C)NC(=O)CCC2CCCN2)s1.Cl. The number of thiophene rings is 1. The van der Waals surface area contributed by atoms with Gasteiger partial charge >= 0.3 is 0 Å². The fraction of sp³-hybridized carbons (Fsp3) is 0.667. The molecule has 1 saturated heterocycles. The van der Waals surface area contributed by atoms with E-state index < -0.39 is 0 Å². The van der Waals surface area contributed by atoms with Gasteiger partial charge in [0, 0.05) is 34.7 Å². The van der Waals surface area contributed by atoms with Crippen LogP contribution < -0.4 is 10.6 Å². The number of rotatable bonds is 6. The number of carbonyl (C=O) groups is 1. The zero-order chi connectivity index (χ0) is 13.7. The molecule has 0 spiro atoms. The van der Waals surface area contributed by atoms with Crippen molar-refractivity contribution in [1.29, 1.82) is 0 Å². The summed E-state index contributed by atoms with van der Waals surface area (Å²) in [6.07, 6.45) is 5.02. The van der Waals surface area contributed by atoms with Crippen molar-refractivity contribution in [3.63, 3.8) is 0 Å². The number of amides is 1. The second-order valence-electron chi connectivity index (χ2n) is 5.52. The molecule has 1 fully saturated rings. The smallest absolute Gasteiger partial charge is 0.220 e. The Hall–Kier alpha value is -0.580. The maximum Gasteiger partial charge on any atom is 0.220 e. The van der Waals surface area contributed by atoms with Gasteiger partial charge in [-0.05, 0) is 51.8 Å². The van der Waals surface area contributed by atoms with E-state index >= 15 is 0 Å². The number of carbonyl (C=O) groups excluding carboxylic acids is 1. The van der Waals surface area contributed by atoms with Crippen LogP contribution in [0.15, 0.2) is 12.1 Å². The lowest BCUT2D eigenvalue weighted by atomic mass is 10.1. The zero-order valence-corrected chi connectivity index (χ0v) is 13.9. The molecule has 2 heterocycles. The van der Waals surface area contributed by atoms with E-state index in [1.807, 2.05) is 11.3 Å². The first-order valence-electron chi connectivity index (χ1n) is 7.21. The van der Waals surface area contributed by atoms with Gasteiger partial charge in [0.1, 0.15) is 0 Å². The summed E-state index contributed by atoms with van der Waals surface area (Å²) >= 11 is 1.82. The normalized spacial score (nSPS) is 19.4. The zero-order valence-electron chi connectivity index (χ0n) is 12.3. The van der Waals surface area contributed by atoms with Crippen molar-refractivity contribution >= 4 is 29.7 Å². The monoisotopic (exact) mass is 316 g/mol. The first-order valence-corrected chi connectivity index (χ1v) is 8.03. The Kier molecular flexibility index (Phi) is 7.56. The van der Waals surface area contributed by atoms with Crippen molar-refractivity contribution in [3.8, 4) is 0 Å². The molecule has 2 N–H and O–H groups in total. The third-order valence-electron chi connectivity index (χ3n) is 3.59. The Morgan fingerprint density at radius 3 is 2.95 bits per heavy atom. The van der Waals surface area contributed by atoms with E-state index in [1.165, 1.54) is 22.6 Å². The molecule has 20 heavy (non-hydrogen) atoms. The van der Waals surface area contributed by atoms with E-state index in [2.05, 4.69) is 36.6 Å². The molecule has 1 aliphatic rings. The lowest BCUT2D eigenvalue weighted by Gasteiger charge is -2.14. The molecule has 0 bridgehead atoms. The summed E-state index contributed by atoms with van der Waals surface area (Å²) in [5.74, 6) is 0.189. The summed E-state index contributed by atoms with van der Waals surface area (Å²) in [5.41, 5.74) is 0. The van der Waals surface area contributed by atoms with Crippen LogP contribution in [0.2, 0.25) is 0 Å². The van der Waals surface area contributed by atoms with Crippen LogP contribution in [-0.4, -0.2) is 24.5 Å². The Balaban J connectivity index is 0.00000200. The van der Waals surface area contributed by atoms with Crippen LogP contribution in [-0.2, 0) is 11.2 Å². The Labute approximate surface area is 131 Å². The molecule has 1 amide bonds. The minimum absolute atomic E-state index is 0. The summed E-state index contributed by atoms with van der Waals surface area (Å²) in [4.78, 5) is 14.6. The van der Waals surface area contributed by atoms with E-state index in [0.717, 1.165) is 19.4 Å². The average Bonchev–Trinajstić information content (AvgIpc) is 2.98. The molecule has 1 aromatic heterocycles. The molecule has 0 aliphatic carbocycles. The van der Waals surface area contributed by atoms with Gasteiger partial charge in [0.2, 0.25) is 5.91 Å². The quantitative estimate of drug-likeness (QED) is 0.847. The largest absolute Gasteiger partial charge is 0.353 e. The van der Waals surface area contributed by atoms with Crippen LogP contribution in [0.3, 0.4) is 0 Å². The number of hydrogen-bond donors (Lipinski definition) is 2. The van der Waals surface area contributed by atoms with Gasteiger partial charge in [0.25, 0.3) is 0 Å². The van der Waals surface area contributed by atoms with Crippen molar-refractivity contribution in [2.24, 2.45) is 0 Å². The van der Waals surface area contributed by atoms with Crippen molar-refractivity contribution in [3.05, 3.63) is 21.9 Å². The molecule has 2 atom stereocenters. The van der Waals surface area contributed by atoms with Crippen molar-refractivity contribution in [1.82, 2.24) is 10.6 Å². The predicted molar refractivity (Wildman–Crippen MR) is 87.9 cm³/mol. The van der Waals surface area contributed by atoms with Crippen LogP contribution >= 0.6 is 23.7 Å². The lowest BCUT2D eigenvalue weighted by molar-refractivity contribution is -0.121. The number of nitrogens with one attached hydrogen (secondary N) is 2. The first kappa shape index (κ1) is 17.5. The molecular weight excluding hydrogens is 292 g/mol. The summed E-state index contributed by atoms with van der Waals surface area (Å²) < 4.78 is 0. The maximum atomic E-state index is 11.9. The summed E-state index contributed by atoms with van der Waals surface area (Å²) in [6, 6.07) is 5.08. The molecule has 0 radical (unpaired) electrons. The molecule has 0 saturated carbocycles. The first-order chi connectivity index (χ1) is 9.13. The standard InChI is InChI=1S/C15H24N2OS.ClH/c1-11(10-14-7-5-12(2)19-14)17-15(18)8-6-13-4-3-9-16-13;/h5,7,11,13,16H,3-4,6,8-10H2,1-2H3,(H,17,18);1H. The number of halogens is 1. The van der Waals surface area contributed by atoms with Gasteiger partial charge in [0.15, 0.2) is 0 Å². The third kappa shape index (κ3) is 5.81. The molecule has 2 rings (SSSR count). The van der Waals surface area contributed by atoms with Crippen LogP contribution in [0.25, 0.3) is 0 Å². The molecule has 1 aliphatic heterocycles. The second kappa shape index (κ2) is 8.65. The number of hydrogen-bond acceptors (Lipinski definition) is 3.